The normalized spacial score (nSPS) is 12.4. The van der Waals surface area contributed by atoms with Gasteiger partial charge in [-0.15, -0.1) is 0 Å². The van der Waals surface area contributed by atoms with E-state index in [0.29, 0.717) is 5.41 Å². The third-order valence-corrected chi connectivity index (χ3v) is 4.20. The van der Waals surface area contributed by atoms with Crippen molar-refractivity contribution >= 4 is 0 Å². The van der Waals surface area contributed by atoms with Crippen molar-refractivity contribution < 1.29 is 4.74 Å². The van der Waals surface area contributed by atoms with E-state index in [1.165, 1.54) is 44.1 Å². The summed E-state index contributed by atoms with van der Waals surface area (Å²) in [4.78, 5) is 0. The topological polar surface area (TPSA) is 21.3 Å². The summed E-state index contributed by atoms with van der Waals surface area (Å²) in [6, 6.07) is 8.49. The monoisotopic (exact) mass is 347 g/mol. The van der Waals surface area contributed by atoms with Crippen molar-refractivity contribution in [3.05, 3.63) is 29.8 Å². The molecule has 144 valence electrons. The summed E-state index contributed by atoms with van der Waals surface area (Å²) in [6.45, 7) is 16.4. The Kier molecular flexibility index (Phi) is 9.56. The van der Waals surface area contributed by atoms with Gasteiger partial charge in [-0.3, -0.25) is 0 Å². The zero-order valence-corrected chi connectivity index (χ0v) is 17.6. The van der Waals surface area contributed by atoms with Crippen LogP contribution in [0.2, 0.25) is 0 Å². The maximum atomic E-state index is 5.82. The molecular formula is C23H41NO. The fraction of sp³-hybridized carbons (Fsp3) is 0.739. The molecule has 0 unspecified atom stereocenters. The van der Waals surface area contributed by atoms with Gasteiger partial charge in [0.05, 0.1) is 6.61 Å². The molecule has 0 aliphatic rings. The molecule has 2 heteroatoms. The molecule has 1 N–H and O–H groups in total. The van der Waals surface area contributed by atoms with Gasteiger partial charge in [-0.2, -0.15) is 0 Å². The Hall–Kier alpha value is -1.02. The lowest BCUT2D eigenvalue weighted by atomic mass is 9.89. The highest BCUT2D eigenvalue weighted by Crippen LogP contribution is 2.22. The van der Waals surface area contributed by atoms with Crippen LogP contribution in [0.25, 0.3) is 0 Å². The van der Waals surface area contributed by atoms with Crippen LogP contribution in [0, 0.1) is 10.8 Å². The number of hydrogen-bond donors (Lipinski definition) is 1. The molecule has 0 heterocycles. The van der Waals surface area contributed by atoms with Crippen molar-refractivity contribution in [3.63, 3.8) is 0 Å². The number of ether oxygens (including phenoxy) is 1. The van der Waals surface area contributed by atoms with Gasteiger partial charge in [0.2, 0.25) is 0 Å². The van der Waals surface area contributed by atoms with Crippen LogP contribution in [0.5, 0.6) is 5.75 Å². The van der Waals surface area contributed by atoms with Crippen LogP contribution in [0.3, 0.4) is 0 Å². The second kappa shape index (κ2) is 10.9. The van der Waals surface area contributed by atoms with E-state index >= 15 is 0 Å². The maximum absolute atomic E-state index is 5.82. The Morgan fingerprint density at radius 1 is 0.760 bits per heavy atom. The molecule has 0 saturated heterocycles. The van der Waals surface area contributed by atoms with Gasteiger partial charge in [0.15, 0.2) is 0 Å². The smallest absolute Gasteiger partial charge is 0.119 e. The summed E-state index contributed by atoms with van der Waals surface area (Å²) < 4.78 is 5.82. The first-order valence-corrected chi connectivity index (χ1v) is 10.1. The number of benzene rings is 1. The first-order chi connectivity index (χ1) is 11.7. The van der Waals surface area contributed by atoms with Gasteiger partial charge >= 0.3 is 0 Å². The van der Waals surface area contributed by atoms with Gasteiger partial charge < -0.3 is 10.1 Å². The molecule has 1 rings (SSSR count). The summed E-state index contributed by atoms with van der Waals surface area (Å²) in [7, 11) is 0. The molecule has 0 atom stereocenters. The predicted molar refractivity (Wildman–Crippen MR) is 110 cm³/mol. The second-order valence-electron chi connectivity index (χ2n) is 9.75. The highest BCUT2D eigenvalue weighted by Gasteiger charge is 2.11. The Morgan fingerprint density at radius 3 is 1.96 bits per heavy atom. The summed E-state index contributed by atoms with van der Waals surface area (Å²) in [5.74, 6) is 0.967. The first-order valence-electron chi connectivity index (χ1n) is 10.1. The van der Waals surface area contributed by atoms with Gasteiger partial charge in [0, 0.05) is 6.54 Å². The number of nitrogens with one attached hydrogen (secondary N) is 1. The molecule has 2 nitrogen and oxygen atoms in total. The molecule has 0 aliphatic carbocycles. The van der Waals surface area contributed by atoms with E-state index in [-0.39, 0.29) is 5.41 Å². The summed E-state index contributed by atoms with van der Waals surface area (Å²) in [5, 5.41) is 3.55. The van der Waals surface area contributed by atoms with Crippen LogP contribution >= 0.6 is 0 Å². The molecule has 0 saturated carbocycles. The van der Waals surface area contributed by atoms with Crippen molar-refractivity contribution in [1.82, 2.24) is 5.32 Å². The van der Waals surface area contributed by atoms with Crippen LogP contribution < -0.4 is 10.1 Å². The molecule has 0 spiro atoms. The van der Waals surface area contributed by atoms with Crippen LogP contribution in [0.15, 0.2) is 24.3 Å². The van der Waals surface area contributed by atoms with Crippen molar-refractivity contribution in [1.29, 1.82) is 0 Å². The zero-order valence-electron chi connectivity index (χ0n) is 17.6. The average molecular weight is 348 g/mol. The first kappa shape index (κ1) is 22.0. The number of unbranched alkanes of at least 4 members (excludes halogenated alkanes) is 4. The lowest BCUT2D eigenvalue weighted by Crippen LogP contribution is -2.17. The zero-order chi connectivity index (χ0) is 18.8. The average Bonchev–Trinajstić information content (AvgIpc) is 2.50. The number of rotatable bonds is 11. The standard InChI is InChI=1S/C23H41NO/c1-22(2,3)16-10-8-7-9-11-17-24-18-20-12-14-21(15-13-20)25-19-23(4,5)6/h12-15,24H,7-11,16-19H2,1-6H3. The summed E-state index contributed by atoms with van der Waals surface area (Å²) >= 11 is 0. The minimum Gasteiger partial charge on any atom is -0.493 e. The van der Waals surface area contributed by atoms with Gasteiger partial charge in [-0.1, -0.05) is 79.4 Å². The fourth-order valence-electron chi connectivity index (χ4n) is 2.67. The van der Waals surface area contributed by atoms with Crippen molar-refractivity contribution in [2.45, 2.75) is 86.6 Å². The molecule has 0 amide bonds. The largest absolute Gasteiger partial charge is 0.493 e. The molecule has 0 aromatic heterocycles. The summed E-state index contributed by atoms with van der Waals surface area (Å²) in [6.07, 6.45) is 8.10. The molecule has 0 radical (unpaired) electrons. The predicted octanol–water partition coefficient (Wildman–Crippen LogP) is 6.59. The SMILES string of the molecule is CC(C)(C)CCCCCCCNCc1ccc(OCC(C)(C)C)cc1. The van der Waals surface area contributed by atoms with Gasteiger partial charge in [-0.25, -0.2) is 0 Å². The Labute approximate surface area is 156 Å². The molecule has 25 heavy (non-hydrogen) atoms. The van der Waals surface area contributed by atoms with E-state index in [2.05, 4.69) is 71.1 Å². The lowest BCUT2D eigenvalue weighted by molar-refractivity contribution is 0.198. The third-order valence-electron chi connectivity index (χ3n) is 4.20. The fourth-order valence-corrected chi connectivity index (χ4v) is 2.67. The maximum Gasteiger partial charge on any atom is 0.119 e. The number of hydrogen-bond acceptors (Lipinski definition) is 2. The Morgan fingerprint density at radius 2 is 1.36 bits per heavy atom. The van der Waals surface area contributed by atoms with Gasteiger partial charge in [0.25, 0.3) is 0 Å². The van der Waals surface area contributed by atoms with Crippen molar-refractivity contribution in [2.24, 2.45) is 10.8 Å². The molecule has 0 fully saturated rings. The van der Waals surface area contributed by atoms with E-state index < -0.39 is 0 Å². The van der Waals surface area contributed by atoms with Crippen LogP contribution in [-0.2, 0) is 6.54 Å². The molecule has 1 aromatic carbocycles. The van der Waals surface area contributed by atoms with Crippen LogP contribution in [0.1, 0.15) is 85.6 Å². The van der Waals surface area contributed by atoms with E-state index in [1.807, 2.05) is 0 Å². The second-order valence-corrected chi connectivity index (χ2v) is 9.75. The van der Waals surface area contributed by atoms with Crippen LogP contribution in [0.4, 0.5) is 0 Å². The minimum absolute atomic E-state index is 0.201. The van der Waals surface area contributed by atoms with E-state index in [4.69, 9.17) is 4.74 Å². The van der Waals surface area contributed by atoms with Crippen molar-refractivity contribution in [2.75, 3.05) is 13.2 Å². The van der Waals surface area contributed by atoms with E-state index in [9.17, 15) is 0 Å². The quantitative estimate of drug-likeness (QED) is 0.456. The van der Waals surface area contributed by atoms with E-state index in [0.717, 1.165) is 25.4 Å². The van der Waals surface area contributed by atoms with Crippen molar-refractivity contribution in [3.8, 4) is 5.75 Å². The molecule has 0 bridgehead atoms. The van der Waals surface area contributed by atoms with E-state index in [1.54, 1.807) is 0 Å². The van der Waals surface area contributed by atoms with Crippen LogP contribution in [-0.4, -0.2) is 13.2 Å². The molecule has 0 aliphatic heterocycles. The Balaban J connectivity index is 2.05. The third kappa shape index (κ3) is 12.9. The minimum atomic E-state index is 0.201. The Bertz CT molecular complexity index is 450. The molecule has 1 aromatic rings. The van der Waals surface area contributed by atoms with Gasteiger partial charge in [0.1, 0.15) is 5.75 Å². The lowest BCUT2D eigenvalue weighted by Gasteiger charge is -2.18. The highest BCUT2D eigenvalue weighted by atomic mass is 16.5. The van der Waals surface area contributed by atoms with Gasteiger partial charge in [-0.05, 0) is 47.9 Å². The summed E-state index contributed by atoms with van der Waals surface area (Å²) in [5.41, 5.74) is 2.02. The highest BCUT2D eigenvalue weighted by molar-refractivity contribution is 5.27. The molecular weight excluding hydrogens is 306 g/mol.